The average molecular weight is 785 g/mol. The number of halogens is 4. The molecular formula is C34H26Br2F2N4O2S2. The molecule has 12 heteroatoms. The van der Waals surface area contributed by atoms with E-state index in [-0.39, 0.29) is 17.6 Å². The molecule has 0 saturated heterocycles. The van der Waals surface area contributed by atoms with Crippen LogP contribution in [0.2, 0.25) is 0 Å². The molecule has 2 aromatic heterocycles. The molecule has 0 aliphatic rings. The second-order valence-electron chi connectivity index (χ2n) is 9.64. The highest BCUT2D eigenvalue weighted by molar-refractivity contribution is 9.10. The maximum Gasteiger partial charge on any atom is 0.302 e. The van der Waals surface area contributed by atoms with E-state index in [1.807, 2.05) is 48.5 Å². The summed E-state index contributed by atoms with van der Waals surface area (Å²) in [6.07, 6.45) is 0. The van der Waals surface area contributed by atoms with Crippen LogP contribution >= 0.6 is 55.4 Å². The van der Waals surface area contributed by atoms with Crippen molar-refractivity contribution in [2.24, 2.45) is 0 Å². The van der Waals surface area contributed by atoms with Gasteiger partial charge in [-0.15, -0.1) is 0 Å². The van der Waals surface area contributed by atoms with Gasteiger partial charge in [0.05, 0.1) is 22.1 Å². The summed E-state index contributed by atoms with van der Waals surface area (Å²) in [4.78, 5) is 18.3. The van der Waals surface area contributed by atoms with Gasteiger partial charge in [-0.05, 0) is 104 Å². The molecule has 0 radical (unpaired) electrons. The van der Waals surface area contributed by atoms with Crippen molar-refractivity contribution in [1.29, 1.82) is 0 Å². The maximum absolute atomic E-state index is 13.9. The molecule has 234 valence electrons. The predicted octanol–water partition coefficient (Wildman–Crippen LogP) is 10.3. The number of rotatable bonds is 7. The summed E-state index contributed by atoms with van der Waals surface area (Å²) in [6, 6.07) is 28.2. The first-order valence-electron chi connectivity index (χ1n) is 13.9. The number of carbonyl (C=O) groups excluding carboxylic acids is 1. The fourth-order valence-electron chi connectivity index (χ4n) is 4.27. The Morgan fingerprint density at radius 2 is 1.22 bits per heavy atom. The average Bonchev–Trinajstić information content (AvgIpc) is 3.39. The van der Waals surface area contributed by atoms with E-state index in [0.29, 0.717) is 34.4 Å². The summed E-state index contributed by atoms with van der Waals surface area (Å²) in [5.41, 5.74) is 10.1. The van der Waals surface area contributed by atoms with Crippen molar-refractivity contribution in [2.75, 3.05) is 12.3 Å². The minimum absolute atomic E-state index is 0.211. The molecule has 0 amide bonds. The van der Waals surface area contributed by atoms with E-state index < -0.39 is 0 Å². The van der Waals surface area contributed by atoms with Crippen LogP contribution in [0.15, 0.2) is 126 Å². The number of benzene rings is 4. The van der Waals surface area contributed by atoms with Crippen LogP contribution in [-0.2, 0) is 9.53 Å². The molecule has 0 bridgehead atoms. The number of carbonyl (C=O) groups is 1. The lowest BCUT2D eigenvalue weighted by Crippen LogP contribution is -2.05. The van der Waals surface area contributed by atoms with Crippen molar-refractivity contribution in [3.63, 3.8) is 0 Å². The predicted molar refractivity (Wildman–Crippen MR) is 187 cm³/mol. The van der Waals surface area contributed by atoms with Gasteiger partial charge in [0, 0.05) is 36.8 Å². The molecule has 0 aliphatic heterocycles. The molecule has 6 rings (SSSR count). The van der Waals surface area contributed by atoms with E-state index >= 15 is 0 Å². The first-order chi connectivity index (χ1) is 22.1. The lowest BCUT2D eigenvalue weighted by atomic mass is 10.1. The second kappa shape index (κ2) is 15.3. The number of ether oxygens (including phenoxy) is 1. The number of anilines is 1. The summed E-state index contributed by atoms with van der Waals surface area (Å²) in [5, 5.41) is 4.89. The standard InChI is InChI=1S/C30H18Br2F2N4S2.C4H8O2/c31-19-5-13-23(14-6-19)39-27-25(17-1-9-21(33)10-2-17)36-30-28(40-24-15-7-20(32)8-16-24)26(37-38(30)29(27)35)18-3-11-22(34)12-4-18;1-3-6-4(2)5/h1-16H,35H2;3H2,1-2H3. The van der Waals surface area contributed by atoms with Gasteiger partial charge in [0.25, 0.3) is 0 Å². The number of fused-ring (bicyclic) bond motifs is 1. The van der Waals surface area contributed by atoms with E-state index in [4.69, 9.17) is 15.8 Å². The molecule has 0 unspecified atom stereocenters. The number of nitrogens with zero attached hydrogens (tertiary/aromatic N) is 3. The number of esters is 1. The monoisotopic (exact) mass is 782 g/mol. The zero-order chi connectivity index (χ0) is 32.8. The topological polar surface area (TPSA) is 82.5 Å². The van der Waals surface area contributed by atoms with Gasteiger partial charge < -0.3 is 10.5 Å². The Kier molecular flexibility index (Phi) is 11.2. The molecule has 46 heavy (non-hydrogen) atoms. The quantitative estimate of drug-likeness (QED) is 0.161. The van der Waals surface area contributed by atoms with Gasteiger partial charge in [-0.1, -0.05) is 55.4 Å². The van der Waals surface area contributed by atoms with E-state index in [0.717, 1.165) is 34.8 Å². The van der Waals surface area contributed by atoms with Crippen LogP contribution in [0.1, 0.15) is 13.8 Å². The lowest BCUT2D eigenvalue weighted by molar-refractivity contribution is -0.140. The normalized spacial score (nSPS) is 10.8. The fourth-order valence-corrected chi connectivity index (χ4v) is 6.75. The number of hydrogen-bond acceptors (Lipinski definition) is 7. The van der Waals surface area contributed by atoms with Gasteiger partial charge >= 0.3 is 5.97 Å². The molecule has 0 spiro atoms. The number of nitrogens with two attached hydrogens (primary N) is 1. The summed E-state index contributed by atoms with van der Waals surface area (Å²) in [7, 11) is 0. The molecule has 0 atom stereocenters. The number of hydrogen-bond donors (Lipinski definition) is 1. The van der Waals surface area contributed by atoms with Gasteiger partial charge in [0.1, 0.15) is 23.1 Å². The third-order valence-electron chi connectivity index (χ3n) is 6.36. The van der Waals surface area contributed by atoms with Crippen LogP contribution in [0.25, 0.3) is 28.2 Å². The van der Waals surface area contributed by atoms with E-state index in [9.17, 15) is 13.6 Å². The van der Waals surface area contributed by atoms with Gasteiger partial charge in [-0.3, -0.25) is 4.79 Å². The van der Waals surface area contributed by atoms with Crippen molar-refractivity contribution >= 4 is 72.8 Å². The highest BCUT2D eigenvalue weighted by Gasteiger charge is 2.24. The number of aromatic nitrogens is 3. The molecule has 6 aromatic rings. The zero-order valence-electron chi connectivity index (χ0n) is 24.5. The Morgan fingerprint density at radius 3 is 1.65 bits per heavy atom. The van der Waals surface area contributed by atoms with E-state index in [1.165, 1.54) is 54.7 Å². The molecule has 0 aliphatic carbocycles. The van der Waals surface area contributed by atoms with Crippen LogP contribution in [-0.4, -0.2) is 27.2 Å². The second-order valence-corrected chi connectivity index (χ2v) is 13.6. The first-order valence-corrected chi connectivity index (χ1v) is 17.1. The van der Waals surface area contributed by atoms with Crippen molar-refractivity contribution in [1.82, 2.24) is 14.6 Å². The van der Waals surface area contributed by atoms with Crippen molar-refractivity contribution in [3.8, 4) is 22.5 Å². The summed E-state index contributed by atoms with van der Waals surface area (Å²) >= 11 is 9.92. The van der Waals surface area contributed by atoms with Crippen molar-refractivity contribution in [3.05, 3.63) is 118 Å². The Morgan fingerprint density at radius 1 is 0.761 bits per heavy atom. The van der Waals surface area contributed by atoms with Crippen molar-refractivity contribution in [2.45, 2.75) is 33.4 Å². The van der Waals surface area contributed by atoms with Gasteiger partial charge in [0.2, 0.25) is 0 Å². The first kappa shape index (κ1) is 33.6. The largest absolute Gasteiger partial charge is 0.466 e. The van der Waals surface area contributed by atoms with Crippen LogP contribution in [0.5, 0.6) is 0 Å². The zero-order valence-corrected chi connectivity index (χ0v) is 29.3. The molecule has 4 aromatic carbocycles. The van der Waals surface area contributed by atoms with Gasteiger partial charge in [0.15, 0.2) is 5.65 Å². The maximum atomic E-state index is 13.9. The Balaban J connectivity index is 0.000000635. The Bertz CT molecular complexity index is 1970. The fraction of sp³-hybridized carbons (Fsp3) is 0.0882. The molecule has 0 saturated carbocycles. The van der Waals surface area contributed by atoms with Crippen LogP contribution in [0, 0.1) is 11.6 Å². The Labute approximate surface area is 290 Å². The van der Waals surface area contributed by atoms with E-state index in [2.05, 4.69) is 36.6 Å². The van der Waals surface area contributed by atoms with Crippen LogP contribution in [0.4, 0.5) is 14.6 Å². The van der Waals surface area contributed by atoms with Crippen LogP contribution in [0.3, 0.4) is 0 Å². The highest BCUT2D eigenvalue weighted by Crippen LogP contribution is 2.44. The van der Waals surface area contributed by atoms with Gasteiger partial charge in [-0.2, -0.15) is 9.61 Å². The third-order valence-corrected chi connectivity index (χ3v) is 9.62. The summed E-state index contributed by atoms with van der Waals surface area (Å²) < 4.78 is 35.6. The molecule has 0 fully saturated rings. The minimum atomic E-state index is -0.339. The lowest BCUT2D eigenvalue weighted by Gasteiger charge is -2.14. The van der Waals surface area contributed by atoms with Gasteiger partial charge in [-0.25, -0.2) is 13.8 Å². The molecule has 2 heterocycles. The molecule has 2 N–H and O–H groups in total. The minimum Gasteiger partial charge on any atom is -0.466 e. The van der Waals surface area contributed by atoms with Crippen molar-refractivity contribution < 1.29 is 18.3 Å². The van der Waals surface area contributed by atoms with Crippen LogP contribution < -0.4 is 5.73 Å². The number of nitrogen functional groups attached to an aromatic ring is 1. The Hall–Kier alpha value is -3.71. The molecule has 6 nitrogen and oxygen atoms in total. The van der Waals surface area contributed by atoms with E-state index in [1.54, 1.807) is 35.7 Å². The summed E-state index contributed by atoms with van der Waals surface area (Å²) in [5.74, 6) is -0.492. The SMILES string of the molecule is CCOC(C)=O.Nc1c(Sc2ccc(Br)cc2)c(-c2ccc(F)cc2)nc2c(Sc3ccc(Br)cc3)c(-c3ccc(F)cc3)nn12. The summed E-state index contributed by atoms with van der Waals surface area (Å²) in [6.45, 7) is 3.65. The smallest absolute Gasteiger partial charge is 0.302 e. The molecular weight excluding hydrogens is 758 g/mol. The highest BCUT2D eigenvalue weighted by atomic mass is 79.9. The third kappa shape index (κ3) is 8.16.